The van der Waals surface area contributed by atoms with Gasteiger partial charge in [-0.1, -0.05) is 65.9 Å². The highest BCUT2D eigenvalue weighted by molar-refractivity contribution is 8.27. The molecule has 0 atom stereocenters. The molecule has 0 unspecified atom stereocenters. The topological polar surface area (TPSA) is 62.6 Å². The van der Waals surface area contributed by atoms with Crippen LogP contribution in [-0.2, 0) is 11.4 Å². The molecular formula is C26H19ClN2O3S2. The highest BCUT2D eigenvalue weighted by Crippen LogP contribution is 2.40. The molecule has 1 fully saturated rings. The van der Waals surface area contributed by atoms with E-state index in [-0.39, 0.29) is 12.5 Å². The van der Waals surface area contributed by atoms with E-state index in [1.165, 1.54) is 23.8 Å². The van der Waals surface area contributed by atoms with Crippen LogP contribution in [0.25, 0.3) is 6.08 Å². The average Bonchev–Trinajstić information content (AvgIpc) is 3.10. The number of thiocarbonyl (C=S) groups is 1. The van der Waals surface area contributed by atoms with E-state index >= 15 is 0 Å². The smallest absolute Gasteiger partial charge is 0.270 e. The molecule has 0 radical (unpaired) electrons. The van der Waals surface area contributed by atoms with Gasteiger partial charge >= 0.3 is 0 Å². The molecule has 1 aliphatic rings. The molecule has 0 aliphatic carbocycles. The number of rotatable bonds is 6. The van der Waals surface area contributed by atoms with Gasteiger partial charge in [-0.25, -0.2) is 0 Å². The van der Waals surface area contributed by atoms with Crippen LogP contribution in [0.2, 0.25) is 5.02 Å². The maximum absolute atomic E-state index is 13.1. The maximum Gasteiger partial charge on any atom is 0.270 e. The monoisotopic (exact) mass is 506 g/mol. The average molecular weight is 507 g/mol. The van der Waals surface area contributed by atoms with Crippen molar-refractivity contribution in [3.63, 3.8) is 0 Å². The summed E-state index contributed by atoms with van der Waals surface area (Å²) < 4.78 is 11.9. The number of thioether (sulfide) groups is 1. The van der Waals surface area contributed by atoms with Crippen LogP contribution in [0.1, 0.15) is 22.3 Å². The second kappa shape index (κ2) is 10.3. The van der Waals surface area contributed by atoms with Gasteiger partial charge in [0.05, 0.1) is 34.4 Å². The van der Waals surface area contributed by atoms with E-state index in [4.69, 9.17) is 33.3 Å². The van der Waals surface area contributed by atoms with Gasteiger partial charge in [-0.2, -0.15) is 5.26 Å². The fourth-order valence-electron chi connectivity index (χ4n) is 3.48. The third-order valence-corrected chi connectivity index (χ3v) is 6.70. The summed E-state index contributed by atoms with van der Waals surface area (Å²) >= 11 is 13.2. The van der Waals surface area contributed by atoms with Crippen molar-refractivity contribution >= 4 is 57.6 Å². The number of ether oxygens (including phenoxy) is 2. The number of nitrogens with zero attached hydrogens (tertiary/aromatic N) is 2. The van der Waals surface area contributed by atoms with Gasteiger partial charge in [0.15, 0.2) is 15.8 Å². The van der Waals surface area contributed by atoms with Crippen molar-refractivity contribution in [3.05, 3.63) is 92.8 Å². The minimum atomic E-state index is -0.191. The first-order valence-corrected chi connectivity index (χ1v) is 11.8. The Hall–Kier alpha value is -3.31. The molecule has 0 aromatic heterocycles. The van der Waals surface area contributed by atoms with Crippen LogP contribution >= 0.6 is 35.6 Å². The van der Waals surface area contributed by atoms with Crippen molar-refractivity contribution in [1.29, 1.82) is 5.26 Å². The molecule has 1 saturated heterocycles. The van der Waals surface area contributed by atoms with Crippen LogP contribution in [0.5, 0.6) is 11.5 Å². The number of carbonyl (C=O) groups is 1. The van der Waals surface area contributed by atoms with Gasteiger partial charge in [-0.15, -0.1) is 0 Å². The number of hydrogen-bond acceptors (Lipinski definition) is 6. The molecule has 0 bridgehead atoms. The molecule has 34 heavy (non-hydrogen) atoms. The van der Waals surface area contributed by atoms with E-state index in [0.29, 0.717) is 36.9 Å². The van der Waals surface area contributed by atoms with Crippen molar-refractivity contribution < 1.29 is 14.3 Å². The molecule has 8 heteroatoms. The Labute approximate surface area is 212 Å². The number of carbonyl (C=O) groups excluding carboxylic acids is 1. The van der Waals surface area contributed by atoms with Gasteiger partial charge in [-0.05, 0) is 54.5 Å². The van der Waals surface area contributed by atoms with E-state index in [0.717, 1.165) is 16.8 Å². The van der Waals surface area contributed by atoms with Crippen LogP contribution in [0.4, 0.5) is 5.69 Å². The number of aryl methyl sites for hydroxylation is 1. The zero-order chi connectivity index (χ0) is 24.2. The summed E-state index contributed by atoms with van der Waals surface area (Å²) in [6.07, 6.45) is 1.73. The Balaban J connectivity index is 1.60. The lowest BCUT2D eigenvalue weighted by Crippen LogP contribution is -2.27. The highest BCUT2D eigenvalue weighted by atomic mass is 35.5. The van der Waals surface area contributed by atoms with Crippen LogP contribution in [-0.4, -0.2) is 17.3 Å². The third-order valence-electron chi connectivity index (χ3n) is 5.11. The Morgan fingerprint density at radius 3 is 2.71 bits per heavy atom. The molecule has 0 saturated carbocycles. The quantitative estimate of drug-likeness (QED) is 0.280. The predicted octanol–water partition coefficient (Wildman–Crippen LogP) is 6.51. The number of methoxy groups -OCH3 is 1. The molecule has 3 aromatic carbocycles. The predicted molar refractivity (Wildman–Crippen MR) is 140 cm³/mol. The first kappa shape index (κ1) is 23.8. The van der Waals surface area contributed by atoms with Crippen molar-refractivity contribution in [3.8, 4) is 17.6 Å². The summed E-state index contributed by atoms with van der Waals surface area (Å²) in [5.74, 6) is 0.591. The van der Waals surface area contributed by atoms with Crippen molar-refractivity contribution in [1.82, 2.24) is 0 Å². The summed E-state index contributed by atoms with van der Waals surface area (Å²) in [4.78, 5) is 15.1. The minimum Gasteiger partial charge on any atom is -0.493 e. The summed E-state index contributed by atoms with van der Waals surface area (Å²) in [6, 6.07) is 20.4. The number of nitriles is 1. The normalized spacial score (nSPS) is 14.4. The molecule has 0 spiro atoms. The first-order chi connectivity index (χ1) is 16.4. The van der Waals surface area contributed by atoms with Gasteiger partial charge in [-0.3, -0.25) is 9.69 Å². The Kier molecular flexibility index (Phi) is 7.23. The van der Waals surface area contributed by atoms with Crippen LogP contribution in [0.3, 0.4) is 0 Å². The Morgan fingerprint density at radius 2 is 1.97 bits per heavy atom. The van der Waals surface area contributed by atoms with E-state index in [9.17, 15) is 10.1 Å². The van der Waals surface area contributed by atoms with Gasteiger partial charge in [0.2, 0.25) is 0 Å². The van der Waals surface area contributed by atoms with Crippen molar-refractivity contribution in [2.45, 2.75) is 13.5 Å². The summed E-state index contributed by atoms with van der Waals surface area (Å²) in [5, 5.41) is 9.61. The second-order valence-electron chi connectivity index (χ2n) is 7.45. The zero-order valence-corrected chi connectivity index (χ0v) is 20.8. The van der Waals surface area contributed by atoms with E-state index in [1.54, 1.807) is 30.3 Å². The SMILES string of the molecule is COc1cc(/C=C2/SC(=S)N(c3cccc(C)c3)C2=O)cc(Cl)c1OCc1ccccc1C#N. The van der Waals surface area contributed by atoms with Gasteiger partial charge < -0.3 is 9.47 Å². The second-order valence-corrected chi connectivity index (χ2v) is 9.53. The Bertz CT molecular complexity index is 1360. The molecule has 1 aliphatic heterocycles. The molecule has 0 N–H and O–H groups in total. The molecule has 1 heterocycles. The fourth-order valence-corrected chi connectivity index (χ4v) is 5.05. The number of halogens is 1. The summed E-state index contributed by atoms with van der Waals surface area (Å²) in [7, 11) is 1.52. The van der Waals surface area contributed by atoms with Crippen molar-refractivity contribution in [2.75, 3.05) is 12.0 Å². The lowest BCUT2D eigenvalue weighted by molar-refractivity contribution is -0.113. The number of anilines is 1. The number of hydrogen-bond donors (Lipinski definition) is 0. The molecule has 3 aromatic rings. The number of amides is 1. The van der Waals surface area contributed by atoms with Crippen molar-refractivity contribution in [2.24, 2.45) is 0 Å². The highest BCUT2D eigenvalue weighted by Gasteiger charge is 2.33. The molecule has 5 nitrogen and oxygen atoms in total. The standard InChI is InChI=1S/C26H19ClN2O3S2/c1-16-6-5-9-20(10-16)29-25(30)23(34-26(29)33)13-17-11-21(27)24(22(12-17)31-2)32-15-19-8-4-3-7-18(19)14-28/h3-13H,15H2,1-2H3/b23-13+. The lowest BCUT2D eigenvalue weighted by atomic mass is 10.1. The van der Waals surface area contributed by atoms with Crippen LogP contribution in [0.15, 0.2) is 65.6 Å². The minimum absolute atomic E-state index is 0.161. The zero-order valence-electron chi connectivity index (χ0n) is 18.4. The van der Waals surface area contributed by atoms with E-state index in [2.05, 4.69) is 6.07 Å². The summed E-state index contributed by atoms with van der Waals surface area (Å²) in [6.45, 7) is 2.13. The molecule has 1 amide bonds. The third kappa shape index (κ3) is 4.95. The Morgan fingerprint density at radius 1 is 1.18 bits per heavy atom. The fraction of sp³-hybridized carbons (Fsp3) is 0.115. The largest absolute Gasteiger partial charge is 0.493 e. The van der Waals surface area contributed by atoms with E-state index in [1.807, 2.05) is 43.3 Å². The van der Waals surface area contributed by atoms with Crippen LogP contribution in [0, 0.1) is 18.3 Å². The number of benzene rings is 3. The van der Waals surface area contributed by atoms with E-state index < -0.39 is 0 Å². The molecule has 4 rings (SSSR count). The maximum atomic E-state index is 13.1. The molecule has 170 valence electrons. The molecular weight excluding hydrogens is 488 g/mol. The summed E-state index contributed by atoms with van der Waals surface area (Å²) in [5.41, 5.74) is 3.73. The van der Waals surface area contributed by atoms with Gasteiger partial charge in [0.25, 0.3) is 5.91 Å². The van der Waals surface area contributed by atoms with Gasteiger partial charge in [0, 0.05) is 5.56 Å². The lowest BCUT2D eigenvalue weighted by Gasteiger charge is -2.15. The van der Waals surface area contributed by atoms with Crippen LogP contribution < -0.4 is 14.4 Å². The first-order valence-electron chi connectivity index (χ1n) is 10.2. The van der Waals surface area contributed by atoms with Gasteiger partial charge in [0.1, 0.15) is 6.61 Å².